The third-order valence-corrected chi connectivity index (χ3v) is 5.72. The first-order valence-corrected chi connectivity index (χ1v) is 8.69. The molecule has 0 spiro atoms. The molecule has 118 valence electrons. The number of piperazine rings is 1. The Hall–Kier alpha value is -1.06. The van der Waals surface area contributed by atoms with Crippen LogP contribution in [0.4, 0.5) is 0 Å². The summed E-state index contributed by atoms with van der Waals surface area (Å²) in [6.07, 6.45) is 10.5. The van der Waals surface area contributed by atoms with E-state index < -0.39 is 5.54 Å². The Morgan fingerprint density at radius 2 is 1.57 bits per heavy atom. The van der Waals surface area contributed by atoms with E-state index in [1.165, 1.54) is 32.1 Å². The molecule has 4 nitrogen and oxygen atoms in total. The van der Waals surface area contributed by atoms with Crippen LogP contribution >= 0.6 is 0 Å². The van der Waals surface area contributed by atoms with Crippen molar-refractivity contribution in [2.24, 2.45) is 5.92 Å². The lowest BCUT2D eigenvalue weighted by atomic mass is 9.86. The first-order valence-electron chi connectivity index (χ1n) is 8.69. The van der Waals surface area contributed by atoms with Gasteiger partial charge in [-0.2, -0.15) is 0 Å². The molecule has 1 heterocycles. The quantitative estimate of drug-likeness (QED) is 0.850. The van der Waals surface area contributed by atoms with Gasteiger partial charge in [-0.1, -0.05) is 32.1 Å². The van der Waals surface area contributed by atoms with Crippen LogP contribution in [0, 0.1) is 5.92 Å². The summed E-state index contributed by atoms with van der Waals surface area (Å²) in [4.78, 5) is 27.4. The Balaban J connectivity index is 1.82. The SMILES string of the molecule is CC1C(=O)NC(C)(C2CC2)C(=O)N1C1CCCCCCC1. The lowest BCUT2D eigenvalue weighted by Crippen LogP contribution is -2.71. The lowest BCUT2D eigenvalue weighted by Gasteiger charge is -2.47. The van der Waals surface area contributed by atoms with Crippen molar-refractivity contribution >= 4 is 11.8 Å². The maximum Gasteiger partial charge on any atom is 0.249 e. The maximum absolute atomic E-state index is 13.1. The second-order valence-electron chi connectivity index (χ2n) is 7.35. The standard InChI is InChI=1S/C17H28N2O2/c1-12-15(20)18-17(2,13-10-11-13)16(21)19(12)14-8-6-4-3-5-7-9-14/h12-14H,3-11H2,1-2H3,(H,18,20). The van der Waals surface area contributed by atoms with Crippen molar-refractivity contribution in [3.63, 3.8) is 0 Å². The molecule has 0 bridgehead atoms. The largest absolute Gasteiger partial charge is 0.340 e. The minimum Gasteiger partial charge on any atom is -0.340 e. The van der Waals surface area contributed by atoms with Crippen LogP contribution in [-0.4, -0.2) is 34.3 Å². The van der Waals surface area contributed by atoms with E-state index in [-0.39, 0.29) is 23.9 Å². The van der Waals surface area contributed by atoms with Gasteiger partial charge in [0.25, 0.3) is 0 Å². The molecular formula is C17H28N2O2. The smallest absolute Gasteiger partial charge is 0.249 e. The molecular weight excluding hydrogens is 264 g/mol. The van der Waals surface area contributed by atoms with Crippen LogP contribution in [0.1, 0.15) is 71.6 Å². The summed E-state index contributed by atoms with van der Waals surface area (Å²) >= 11 is 0. The highest BCUT2D eigenvalue weighted by molar-refractivity contribution is 6.00. The summed E-state index contributed by atoms with van der Waals surface area (Å²) in [5, 5.41) is 3.02. The maximum atomic E-state index is 13.1. The molecule has 2 unspecified atom stereocenters. The Bertz CT molecular complexity index is 425. The molecule has 0 aromatic rings. The highest BCUT2D eigenvalue weighted by Crippen LogP contribution is 2.43. The van der Waals surface area contributed by atoms with E-state index in [2.05, 4.69) is 5.32 Å². The summed E-state index contributed by atoms with van der Waals surface area (Å²) in [6, 6.07) is -0.0503. The van der Waals surface area contributed by atoms with Crippen molar-refractivity contribution in [2.45, 2.75) is 89.3 Å². The van der Waals surface area contributed by atoms with E-state index >= 15 is 0 Å². The van der Waals surface area contributed by atoms with Gasteiger partial charge >= 0.3 is 0 Å². The van der Waals surface area contributed by atoms with E-state index in [0.717, 1.165) is 25.7 Å². The van der Waals surface area contributed by atoms with E-state index in [4.69, 9.17) is 0 Å². The van der Waals surface area contributed by atoms with Crippen molar-refractivity contribution in [1.29, 1.82) is 0 Å². The van der Waals surface area contributed by atoms with E-state index in [1.54, 1.807) is 0 Å². The van der Waals surface area contributed by atoms with Gasteiger partial charge in [-0.15, -0.1) is 0 Å². The molecule has 3 rings (SSSR count). The van der Waals surface area contributed by atoms with Gasteiger partial charge in [0.2, 0.25) is 11.8 Å². The van der Waals surface area contributed by atoms with Gasteiger partial charge in [0, 0.05) is 6.04 Å². The summed E-state index contributed by atoms with van der Waals surface area (Å²) < 4.78 is 0. The minimum atomic E-state index is -0.647. The fourth-order valence-electron chi connectivity index (χ4n) is 4.12. The molecule has 1 N–H and O–H groups in total. The van der Waals surface area contributed by atoms with E-state index in [1.807, 2.05) is 18.7 Å². The molecule has 3 fully saturated rings. The van der Waals surface area contributed by atoms with Crippen LogP contribution in [0.25, 0.3) is 0 Å². The van der Waals surface area contributed by atoms with Crippen molar-refractivity contribution in [3.05, 3.63) is 0 Å². The minimum absolute atomic E-state index is 0.0334. The number of carbonyl (C=O) groups is 2. The monoisotopic (exact) mass is 292 g/mol. The molecule has 2 saturated carbocycles. The number of hydrogen-bond donors (Lipinski definition) is 1. The van der Waals surface area contributed by atoms with Crippen molar-refractivity contribution < 1.29 is 9.59 Å². The normalized spacial score (nSPS) is 36.1. The van der Waals surface area contributed by atoms with Crippen LogP contribution in [0.2, 0.25) is 0 Å². The number of carbonyl (C=O) groups excluding carboxylic acids is 2. The number of amides is 2. The van der Waals surface area contributed by atoms with Crippen LogP contribution in [0.5, 0.6) is 0 Å². The molecule has 3 aliphatic rings. The predicted molar refractivity (Wildman–Crippen MR) is 81.7 cm³/mol. The molecule has 0 aromatic heterocycles. The Kier molecular flexibility index (Phi) is 3.98. The summed E-state index contributed by atoms with van der Waals surface area (Å²) in [5.74, 6) is 0.547. The molecule has 2 aliphatic carbocycles. The zero-order valence-electron chi connectivity index (χ0n) is 13.4. The number of rotatable bonds is 2. The predicted octanol–water partition coefficient (Wildman–Crippen LogP) is 2.61. The van der Waals surface area contributed by atoms with Gasteiger partial charge in [0.15, 0.2) is 0 Å². The first kappa shape index (κ1) is 14.9. The zero-order chi connectivity index (χ0) is 15.0. The second-order valence-corrected chi connectivity index (χ2v) is 7.35. The van der Waals surface area contributed by atoms with Crippen LogP contribution in [0.15, 0.2) is 0 Å². The second kappa shape index (κ2) is 5.62. The molecule has 2 atom stereocenters. The van der Waals surface area contributed by atoms with E-state index in [0.29, 0.717) is 5.92 Å². The lowest BCUT2D eigenvalue weighted by molar-refractivity contribution is -0.158. The number of nitrogens with one attached hydrogen (secondary N) is 1. The van der Waals surface area contributed by atoms with Crippen molar-refractivity contribution in [1.82, 2.24) is 10.2 Å². The Labute approximate surface area is 127 Å². The van der Waals surface area contributed by atoms with Gasteiger partial charge in [0.1, 0.15) is 11.6 Å². The topological polar surface area (TPSA) is 49.4 Å². The third-order valence-electron chi connectivity index (χ3n) is 5.72. The van der Waals surface area contributed by atoms with Crippen LogP contribution in [-0.2, 0) is 9.59 Å². The molecule has 0 aromatic carbocycles. The van der Waals surface area contributed by atoms with Crippen LogP contribution in [0.3, 0.4) is 0 Å². The average Bonchev–Trinajstić information content (AvgIpc) is 3.23. The molecule has 1 aliphatic heterocycles. The molecule has 21 heavy (non-hydrogen) atoms. The van der Waals surface area contributed by atoms with Gasteiger partial charge in [-0.3, -0.25) is 9.59 Å². The molecule has 4 heteroatoms. The number of nitrogens with zero attached hydrogens (tertiary/aromatic N) is 1. The molecule has 1 saturated heterocycles. The van der Waals surface area contributed by atoms with Crippen molar-refractivity contribution in [3.8, 4) is 0 Å². The number of hydrogen-bond acceptors (Lipinski definition) is 2. The van der Waals surface area contributed by atoms with Crippen LogP contribution < -0.4 is 5.32 Å². The van der Waals surface area contributed by atoms with Gasteiger partial charge in [-0.05, 0) is 45.4 Å². The highest BCUT2D eigenvalue weighted by Gasteiger charge is 2.55. The van der Waals surface area contributed by atoms with Crippen molar-refractivity contribution in [2.75, 3.05) is 0 Å². The van der Waals surface area contributed by atoms with E-state index in [9.17, 15) is 9.59 Å². The fourth-order valence-corrected chi connectivity index (χ4v) is 4.12. The Morgan fingerprint density at radius 1 is 1.00 bits per heavy atom. The fraction of sp³-hybridized carbons (Fsp3) is 0.882. The third kappa shape index (κ3) is 2.69. The summed E-state index contributed by atoms with van der Waals surface area (Å²) in [6.45, 7) is 3.82. The Morgan fingerprint density at radius 3 is 2.14 bits per heavy atom. The summed E-state index contributed by atoms with van der Waals surface area (Å²) in [7, 11) is 0. The zero-order valence-corrected chi connectivity index (χ0v) is 13.4. The molecule has 2 amide bonds. The first-order chi connectivity index (χ1) is 10.0. The molecule has 0 radical (unpaired) electrons. The van der Waals surface area contributed by atoms with Gasteiger partial charge in [-0.25, -0.2) is 0 Å². The van der Waals surface area contributed by atoms with Gasteiger partial charge in [0.05, 0.1) is 0 Å². The summed E-state index contributed by atoms with van der Waals surface area (Å²) in [5.41, 5.74) is -0.647. The highest BCUT2D eigenvalue weighted by atomic mass is 16.2. The van der Waals surface area contributed by atoms with Gasteiger partial charge < -0.3 is 10.2 Å². The average molecular weight is 292 g/mol.